The van der Waals surface area contributed by atoms with Gasteiger partial charge in [0.25, 0.3) is 0 Å². The number of aliphatic hydroxyl groups is 1. The Labute approximate surface area is 80.7 Å². The normalized spacial score (nSPS) is 32.9. The van der Waals surface area contributed by atoms with Crippen molar-refractivity contribution in [1.29, 1.82) is 0 Å². The number of aliphatic carboxylic acids is 1. The van der Waals surface area contributed by atoms with Gasteiger partial charge in [-0.05, 0) is 0 Å². The highest BCUT2D eigenvalue weighted by Crippen LogP contribution is 1.97. The van der Waals surface area contributed by atoms with Gasteiger partial charge in [0.2, 0.25) is 0 Å². The van der Waals surface area contributed by atoms with Gasteiger partial charge < -0.3 is 19.5 Å². The number of carboxylic acids is 1. The minimum atomic E-state index is -3.69. The van der Waals surface area contributed by atoms with Crippen LogP contribution in [0.5, 0.6) is 0 Å². The van der Waals surface area contributed by atoms with Gasteiger partial charge in [0, 0.05) is 15.1 Å². The lowest BCUT2D eigenvalue weighted by molar-refractivity contribution is -0.873. The summed E-state index contributed by atoms with van der Waals surface area (Å²) in [6, 6.07) is 0. The number of nitrogens with zero attached hydrogens (tertiary/aromatic N) is 1. The van der Waals surface area contributed by atoms with Crippen molar-refractivity contribution in [2.75, 3.05) is 27.5 Å². The molecule has 4 heteroatoms. The zero-order valence-corrected chi connectivity index (χ0v) is 5.79. The van der Waals surface area contributed by atoms with E-state index < -0.39 is 43.4 Å². The van der Waals surface area contributed by atoms with Crippen LogP contribution in [0.1, 0.15) is 20.1 Å². The number of quaternary nitrogens is 1. The van der Waals surface area contributed by atoms with Crippen molar-refractivity contribution in [2.45, 2.75) is 12.5 Å². The molecule has 0 heterocycles. The van der Waals surface area contributed by atoms with Crippen molar-refractivity contribution < 1.29 is 33.2 Å². The monoisotopic (exact) mass is 171 g/mol. The fraction of sp³-hybridized carbons (Fsp3) is 0.857. The first-order chi connectivity index (χ1) is 8.85. The SMILES string of the molecule is [2H]C([2H])(C(=O)[O-])[C@H](O)C([2H])([2H])[N+](C)(C([2H])([2H])[2H])C([2H])([2H])[2H]. The minimum Gasteiger partial charge on any atom is -0.550 e. The first kappa shape index (κ1) is 2.44. The molecule has 1 atom stereocenters. The maximum atomic E-state index is 10.6. The Morgan fingerprint density at radius 1 is 1.91 bits per heavy atom. The van der Waals surface area contributed by atoms with Gasteiger partial charge >= 0.3 is 0 Å². The molecule has 66 valence electrons. The van der Waals surface area contributed by atoms with Crippen molar-refractivity contribution in [3.63, 3.8) is 0 Å². The minimum absolute atomic E-state index is 0.425. The van der Waals surface area contributed by atoms with Crippen LogP contribution in [0, 0.1) is 0 Å². The second-order valence-electron chi connectivity index (χ2n) is 1.97. The van der Waals surface area contributed by atoms with Gasteiger partial charge in [-0.2, -0.15) is 0 Å². The van der Waals surface area contributed by atoms with Crippen molar-refractivity contribution in [3.05, 3.63) is 0 Å². The second-order valence-corrected chi connectivity index (χ2v) is 1.97. The van der Waals surface area contributed by atoms with Crippen LogP contribution in [0.3, 0.4) is 0 Å². The summed E-state index contributed by atoms with van der Waals surface area (Å²) in [7, 11) is 0.425. The molecule has 0 bridgehead atoms. The van der Waals surface area contributed by atoms with E-state index in [1.165, 1.54) is 0 Å². The number of likely N-dealkylation sites (N-methyl/N-ethyl adjacent to an activating group) is 1. The molecule has 1 N–H and O–H groups in total. The molecule has 0 aliphatic carbocycles. The van der Waals surface area contributed by atoms with Crippen LogP contribution in [-0.4, -0.2) is 49.2 Å². The van der Waals surface area contributed by atoms with E-state index in [-0.39, 0.29) is 0 Å². The van der Waals surface area contributed by atoms with Gasteiger partial charge in [0.15, 0.2) is 0 Å². The molecule has 0 radical (unpaired) electrons. The average Bonchev–Trinajstić information content (AvgIpc) is 2.23. The van der Waals surface area contributed by atoms with E-state index in [1.807, 2.05) is 0 Å². The van der Waals surface area contributed by atoms with E-state index in [9.17, 15) is 15.0 Å². The summed E-state index contributed by atoms with van der Waals surface area (Å²) in [5.74, 6) is -2.50. The number of carbonyl (C=O) groups excluding carboxylic acids is 1. The van der Waals surface area contributed by atoms with E-state index in [4.69, 9.17) is 13.7 Å². The molecule has 0 saturated carbocycles. The van der Waals surface area contributed by atoms with Crippen LogP contribution in [-0.2, 0) is 4.79 Å². The van der Waals surface area contributed by atoms with Gasteiger partial charge in [-0.1, -0.05) is 0 Å². The van der Waals surface area contributed by atoms with Crippen LogP contribution in [0.2, 0.25) is 0 Å². The van der Waals surface area contributed by atoms with Gasteiger partial charge in [-0.3, -0.25) is 0 Å². The second kappa shape index (κ2) is 3.69. The summed E-state index contributed by atoms with van der Waals surface area (Å²) in [5, 5.41) is 20.3. The Morgan fingerprint density at radius 2 is 2.45 bits per heavy atom. The predicted molar refractivity (Wildman–Crippen MR) is 38.5 cm³/mol. The number of rotatable bonds is 4. The van der Waals surface area contributed by atoms with Gasteiger partial charge in [0.05, 0.1) is 32.0 Å². The Balaban J connectivity index is 6.23. The molecule has 0 aliphatic rings. The molecule has 0 amide bonds. The lowest BCUT2D eigenvalue weighted by Crippen LogP contribution is -2.43. The number of hydrogen-bond acceptors (Lipinski definition) is 3. The van der Waals surface area contributed by atoms with Crippen LogP contribution in [0.15, 0.2) is 0 Å². The Morgan fingerprint density at radius 3 is 2.82 bits per heavy atom. The standard InChI is InChI=1S/C7H15NO3/c1-8(2,3)5-6(9)4-7(10)11/h6,9H,4-5H2,1-3H3/t6-/m0/s1/i1D3,2D3,4D2,5D2. The number of aliphatic hydroxyl groups excluding tert-OH is 1. The number of carboxylic acid groups (broad SMARTS) is 1. The number of carbonyl (C=O) groups is 1. The van der Waals surface area contributed by atoms with E-state index in [0.717, 1.165) is 0 Å². The first-order valence-corrected chi connectivity index (χ1v) is 2.61. The maximum absolute atomic E-state index is 10.6. The van der Waals surface area contributed by atoms with Crippen LogP contribution in [0.4, 0.5) is 0 Å². The lowest BCUT2D eigenvalue weighted by Gasteiger charge is -2.26. The van der Waals surface area contributed by atoms with E-state index in [2.05, 4.69) is 0 Å². The smallest absolute Gasteiger partial charge is 0.108 e. The van der Waals surface area contributed by atoms with Gasteiger partial charge in [-0.25, -0.2) is 0 Å². The van der Waals surface area contributed by atoms with E-state index >= 15 is 0 Å². The molecule has 0 aromatic heterocycles. The molecular formula is C7H15NO3. The largest absolute Gasteiger partial charge is 0.550 e. The fourth-order valence-electron chi connectivity index (χ4n) is 0.388. The average molecular weight is 171 g/mol. The fourth-order valence-corrected chi connectivity index (χ4v) is 0.388. The third-order valence-electron chi connectivity index (χ3n) is 0.635. The molecule has 0 saturated heterocycles. The highest BCUT2D eigenvalue weighted by Gasteiger charge is 2.14. The van der Waals surface area contributed by atoms with Crippen molar-refractivity contribution >= 4 is 5.97 Å². The molecule has 4 nitrogen and oxygen atoms in total. The van der Waals surface area contributed by atoms with E-state index in [0.29, 0.717) is 7.05 Å². The lowest BCUT2D eigenvalue weighted by atomic mass is 10.2. The third-order valence-corrected chi connectivity index (χ3v) is 0.635. The summed E-state index contributed by atoms with van der Waals surface area (Å²) in [6.07, 6.45) is -6.79. The van der Waals surface area contributed by atoms with Crippen molar-refractivity contribution in [1.82, 2.24) is 0 Å². The van der Waals surface area contributed by atoms with Crippen LogP contribution >= 0.6 is 0 Å². The van der Waals surface area contributed by atoms with Crippen molar-refractivity contribution in [2.24, 2.45) is 0 Å². The molecular weight excluding hydrogens is 146 g/mol. The molecule has 0 fully saturated rings. The summed E-state index contributed by atoms with van der Waals surface area (Å²) >= 11 is 0. The maximum Gasteiger partial charge on any atom is 0.108 e. The molecule has 0 unspecified atom stereocenters. The number of hydrogen-bond donors (Lipinski definition) is 1. The summed E-state index contributed by atoms with van der Waals surface area (Å²) < 4.78 is 70.2. The molecule has 0 spiro atoms. The first-order valence-electron chi connectivity index (χ1n) is 7.61. The molecule has 11 heavy (non-hydrogen) atoms. The Bertz CT molecular complexity index is 400. The molecule has 0 aromatic carbocycles. The zero-order chi connectivity index (χ0) is 17.7. The molecule has 0 aliphatic heterocycles. The molecule has 0 aromatic rings. The summed E-state index contributed by atoms with van der Waals surface area (Å²) in [6.45, 7) is -10.7. The highest BCUT2D eigenvalue weighted by molar-refractivity contribution is 5.64. The predicted octanol–water partition coefficient (Wildman–Crippen LogP) is -1.81. The van der Waals surface area contributed by atoms with Crippen LogP contribution < -0.4 is 5.11 Å². The highest BCUT2D eigenvalue weighted by atomic mass is 16.4. The third kappa shape index (κ3) is 7.29. The van der Waals surface area contributed by atoms with Crippen molar-refractivity contribution in [3.8, 4) is 0 Å². The Kier molecular flexibility index (Phi) is 0.817. The quantitative estimate of drug-likeness (QED) is 0.507. The van der Waals surface area contributed by atoms with E-state index in [1.54, 1.807) is 0 Å². The van der Waals surface area contributed by atoms with Crippen LogP contribution in [0.25, 0.3) is 0 Å². The topological polar surface area (TPSA) is 60.4 Å². The zero-order valence-electron chi connectivity index (χ0n) is 15.8. The van der Waals surface area contributed by atoms with Gasteiger partial charge in [-0.15, -0.1) is 0 Å². The molecule has 0 rings (SSSR count). The van der Waals surface area contributed by atoms with Gasteiger partial charge in [0.1, 0.15) is 12.6 Å². The Hall–Kier alpha value is -0.610. The summed E-state index contributed by atoms with van der Waals surface area (Å²) in [5.41, 5.74) is 0. The summed E-state index contributed by atoms with van der Waals surface area (Å²) in [4.78, 5) is 10.6.